The molecule has 10 heteroatoms. The number of esters is 1. The summed E-state index contributed by atoms with van der Waals surface area (Å²) in [6.07, 6.45) is 0. The van der Waals surface area contributed by atoms with Gasteiger partial charge in [-0.1, -0.05) is 0 Å². The second-order valence-corrected chi connectivity index (χ2v) is 7.54. The van der Waals surface area contributed by atoms with Crippen LogP contribution >= 0.6 is 0 Å². The Labute approximate surface area is 169 Å². The zero-order valence-electron chi connectivity index (χ0n) is 16.0. The fraction of sp³-hybridized carbons (Fsp3) is 0.263. The third kappa shape index (κ3) is 7.43. The van der Waals surface area contributed by atoms with E-state index in [-0.39, 0.29) is 24.0 Å². The number of amides is 1. The minimum Gasteiger partial charge on any atom is -0.497 e. The third-order valence-electron chi connectivity index (χ3n) is 3.57. The SMILES string of the molecule is COc1ccc(OCCOC(=O)CNS(=O)(=O)c2ccc(NC(C)=O)cc2)cc1. The summed E-state index contributed by atoms with van der Waals surface area (Å²) in [5.74, 6) is 0.283. The van der Waals surface area contributed by atoms with E-state index in [0.29, 0.717) is 17.2 Å². The Balaban J connectivity index is 1.73. The molecule has 2 N–H and O–H groups in total. The predicted octanol–water partition coefficient (Wildman–Crippen LogP) is 1.55. The monoisotopic (exact) mass is 422 g/mol. The summed E-state index contributed by atoms with van der Waals surface area (Å²) in [5.41, 5.74) is 0.465. The molecule has 0 aliphatic heterocycles. The first kappa shape index (κ1) is 22.2. The van der Waals surface area contributed by atoms with E-state index in [9.17, 15) is 18.0 Å². The molecule has 0 heterocycles. The van der Waals surface area contributed by atoms with E-state index < -0.39 is 22.5 Å². The lowest BCUT2D eigenvalue weighted by Crippen LogP contribution is -2.31. The van der Waals surface area contributed by atoms with Gasteiger partial charge in [0.05, 0.1) is 12.0 Å². The van der Waals surface area contributed by atoms with Crippen LogP contribution in [-0.4, -0.2) is 47.2 Å². The quantitative estimate of drug-likeness (QED) is 0.440. The molecule has 0 saturated heterocycles. The van der Waals surface area contributed by atoms with Crippen LogP contribution in [0.2, 0.25) is 0 Å². The molecule has 2 rings (SSSR count). The summed E-state index contributed by atoms with van der Waals surface area (Å²) in [5, 5.41) is 2.53. The molecular weight excluding hydrogens is 400 g/mol. The van der Waals surface area contributed by atoms with Gasteiger partial charge in [-0.3, -0.25) is 9.59 Å². The van der Waals surface area contributed by atoms with Crippen molar-refractivity contribution in [2.75, 3.05) is 32.2 Å². The van der Waals surface area contributed by atoms with Gasteiger partial charge in [0.25, 0.3) is 0 Å². The number of methoxy groups -OCH3 is 1. The van der Waals surface area contributed by atoms with Crippen molar-refractivity contribution in [3.8, 4) is 11.5 Å². The molecule has 1 amide bonds. The van der Waals surface area contributed by atoms with Crippen molar-refractivity contribution in [1.82, 2.24) is 4.72 Å². The number of carbonyl (C=O) groups is 2. The lowest BCUT2D eigenvalue weighted by molar-refractivity contribution is -0.142. The standard InChI is InChI=1S/C19H22N2O7S/c1-14(22)21-15-3-9-18(10-4-15)29(24,25)20-13-19(23)28-12-11-27-17-7-5-16(26-2)6-8-17/h3-10,20H,11-13H2,1-2H3,(H,21,22). The lowest BCUT2D eigenvalue weighted by Gasteiger charge is -2.09. The number of nitrogens with one attached hydrogen (secondary N) is 2. The van der Waals surface area contributed by atoms with Gasteiger partial charge < -0.3 is 19.5 Å². The fourth-order valence-electron chi connectivity index (χ4n) is 2.20. The summed E-state index contributed by atoms with van der Waals surface area (Å²) in [7, 11) is -2.33. The molecule has 156 valence electrons. The number of rotatable bonds is 10. The van der Waals surface area contributed by atoms with E-state index in [1.165, 1.54) is 31.2 Å². The van der Waals surface area contributed by atoms with Crippen molar-refractivity contribution in [3.63, 3.8) is 0 Å². The molecule has 0 saturated carbocycles. The van der Waals surface area contributed by atoms with Gasteiger partial charge in [0.15, 0.2) is 0 Å². The van der Waals surface area contributed by atoms with Crippen LogP contribution in [0.15, 0.2) is 53.4 Å². The first-order valence-electron chi connectivity index (χ1n) is 8.60. The number of sulfonamides is 1. The molecule has 29 heavy (non-hydrogen) atoms. The number of carbonyl (C=O) groups excluding carboxylic acids is 2. The van der Waals surface area contributed by atoms with E-state index in [0.717, 1.165) is 0 Å². The smallest absolute Gasteiger partial charge is 0.321 e. The molecule has 2 aromatic rings. The number of hydrogen-bond donors (Lipinski definition) is 2. The van der Waals surface area contributed by atoms with Crippen LogP contribution in [0, 0.1) is 0 Å². The van der Waals surface area contributed by atoms with Crippen molar-refractivity contribution < 1.29 is 32.2 Å². The first-order chi connectivity index (χ1) is 13.8. The molecule has 0 atom stereocenters. The molecule has 0 aliphatic rings. The van der Waals surface area contributed by atoms with Crippen molar-refractivity contribution in [1.29, 1.82) is 0 Å². The second-order valence-electron chi connectivity index (χ2n) is 5.77. The van der Waals surface area contributed by atoms with E-state index in [2.05, 4.69) is 10.0 Å². The molecule has 9 nitrogen and oxygen atoms in total. The van der Waals surface area contributed by atoms with Gasteiger partial charge in [-0.2, -0.15) is 4.72 Å². The maximum absolute atomic E-state index is 12.2. The minimum atomic E-state index is -3.89. The van der Waals surface area contributed by atoms with E-state index >= 15 is 0 Å². The molecule has 0 unspecified atom stereocenters. The average molecular weight is 422 g/mol. The Morgan fingerprint density at radius 3 is 2.14 bits per heavy atom. The van der Waals surface area contributed by atoms with Crippen LogP contribution in [0.4, 0.5) is 5.69 Å². The Hall–Kier alpha value is -3.11. The maximum atomic E-state index is 12.2. The van der Waals surface area contributed by atoms with Crippen molar-refractivity contribution in [2.24, 2.45) is 0 Å². The van der Waals surface area contributed by atoms with Gasteiger partial charge in [-0.25, -0.2) is 8.42 Å². The molecular formula is C19H22N2O7S. The summed E-state index contributed by atoms with van der Waals surface area (Å²) >= 11 is 0. The number of ether oxygens (including phenoxy) is 3. The largest absolute Gasteiger partial charge is 0.497 e. The summed E-state index contributed by atoms with van der Waals surface area (Å²) in [6, 6.07) is 12.4. The zero-order valence-corrected chi connectivity index (χ0v) is 16.8. The highest BCUT2D eigenvalue weighted by Crippen LogP contribution is 2.17. The van der Waals surface area contributed by atoms with Crippen LogP contribution in [0.3, 0.4) is 0 Å². The molecule has 0 spiro atoms. The average Bonchev–Trinajstić information content (AvgIpc) is 2.70. The lowest BCUT2D eigenvalue weighted by atomic mass is 10.3. The second kappa shape index (κ2) is 10.4. The van der Waals surface area contributed by atoms with Crippen LogP contribution in [0.5, 0.6) is 11.5 Å². The fourth-order valence-corrected chi connectivity index (χ4v) is 3.16. The number of hydrogen-bond acceptors (Lipinski definition) is 7. The van der Waals surface area contributed by atoms with Crippen LogP contribution in [-0.2, 0) is 24.3 Å². The van der Waals surface area contributed by atoms with E-state index in [1.54, 1.807) is 31.4 Å². The molecule has 0 aliphatic carbocycles. The number of anilines is 1. The molecule has 0 fully saturated rings. The topological polar surface area (TPSA) is 120 Å². The normalized spacial score (nSPS) is 10.8. The van der Waals surface area contributed by atoms with Gasteiger partial charge >= 0.3 is 5.97 Å². The summed E-state index contributed by atoms with van der Waals surface area (Å²) in [4.78, 5) is 22.7. The van der Waals surface area contributed by atoms with E-state index in [4.69, 9.17) is 14.2 Å². The van der Waals surface area contributed by atoms with Gasteiger partial charge in [0.1, 0.15) is 31.3 Å². The van der Waals surface area contributed by atoms with Crippen molar-refractivity contribution in [2.45, 2.75) is 11.8 Å². The zero-order chi connectivity index (χ0) is 21.3. The Morgan fingerprint density at radius 2 is 1.55 bits per heavy atom. The Morgan fingerprint density at radius 1 is 0.931 bits per heavy atom. The van der Waals surface area contributed by atoms with Gasteiger partial charge in [0.2, 0.25) is 15.9 Å². The highest BCUT2D eigenvalue weighted by molar-refractivity contribution is 7.89. The molecule has 2 aromatic carbocycles. The Kier molecular flexibility index (Phi) is 7.98. The molecule has 0 radical (unpaired) electrons. The minimum absolute atomic E-state index is 0.0298. The van der Waals surface area contributed by atoms with Crippen LogP contribution < -0.4 is 19.5 Å². The highest BCUT2D eigenvalue weighted by Gasteiger charge is 2.16. The van der Waals surface area contributed by atoms with Crippen LogP contribution in [0.1, 0.15) is 6.92 Å². The molecule has 0 aromatic heterocycles. The van der Waals surface area contributed by atoms with Crippen LogP contribution in [0.25, 0.3) is 0 Å². The predicted molar refractivity (Wildman–Crippen MR) is 105 cm³/mol. The van der Waals surface area contributed by atoms with Gasteiger partial charge in [-0.15, -0.1) is 0 Å². The van der Waals surface area contributed by atoms with Gasteiger partial charge in [0, 0.05) is 12.6 Å². The number of benzene rings is 2. The Bertz CT molecular complexity index is 926. The van der Waals surface area contributed by atoms with Crippen molar-refractivity contribution in [3.05, 3.63) is 48.5 Å². The summed E-state index contributed by atoms with van der Waals surface area (Å²) in [6.45, 7) is 0.922. The van der Waals surface area contributed by atoms with Gasteiger partial charge in [-0.05, 0) is 48.5 Å². The summed E-state index contributed by atoms with van der Waals surface area (Å²) < 4.78 is 41.9. The van der Waals surface area contributed by atoms with Crippen molar-refractivity contribution >= 4 is 27.6 Å². The third-order valence-corrected chi connectivity index (χ3v) is 4.98. The first-order valence-corrected chi connectivity index (χ1v) is 10.1. The molecule has 0 bridgehead atoms. The van der Waals surface area contributed by atoms with E-state index in [1.807, 2.05) is 0 Å². The maximum Gasteiger partial charge on any atom is 0.321 e. The highest BCUT2D eigenvalue weighted by atomic mass is 32.2.